The first-order valence-electron chi connectivity index (χ1n) is 11.4. The molecule has 170 valence electrons. The van der Waals surface area contributed by atoms with Crippen LogP contribution in [0, 0.1) is 5.92 Å². The van der Waals surface area contributed by atoms with Crippen molar-refractivity contribution in [2.75, 3.05) is 24.4 Å². The third kappa shape index (κ3) is 4.28. The Kier molecular flexibility index (Phi) is 5.96. The minimum absolute atomic E-state index is 0.00727. The van der Waals surface area contributed by atoms with E-state index in [0.29, 0.717) is 12.4 Å². The quantitative estimate of drug-likeness (QED) is 0.614. The van der Waals surface area contributed by atoms with E-state index in [0.717, 1.165) is 59.6 Å². The third-order valence-corrected chi connectivity index (χ3v) is 6.66. The number of carbonyl (C=O) groups is 1. The summed E-state index contributed by atoms with van der Waals surface area (Å²) in [6.45, 7) is 0.481. The molecule has 1 aliphatic heterocycles. The first kappa shape index (κ1) is 21.4. The number of carbonyl (C=O) groups excluding carboxylic acids is 1. The molecule has 1 amide bonds. The lowest BCUT2D eigenvalue weighted by Gasteiger charge is -2.32. The molecule has 1 aromatic carbocycles. The van der Waals surface area contributed by atoms with Crippen LogP contribution in [0.2, 0.25) is 0 Å². The molecule has 5 rings (SSSR count). The maximum atomic E-state index is 13.8. The number of aromatic nitrogens is 2. The van der Waals surface area contributed by atoms with Crippen molar-refractivity contribution >= 4 is 23.1 Å². The molecule has 0 unspecified atom stereocenters. The topological polar surface area (TPSA) is 76.6 Å². The summed E-state index contributed by atoms with van der Waals surface area (Å²) in [6, 6.07) is 13.9. The first-order chi connectivity index (χ1) is 16.2. The second-order valence-electron chi connectivity index (χ2n) is 8.59. The first-order valence-corrected chi connectivity index (χ1v) is 11.4. The van der Waals surface area contributed by atoms with Gasteiger partial charge in [-0.25, -0.2) is 9.97 Å². The standard InChI is InChI=1S/C26H28N4O3/c1-32-21-8-5-17(6-9-21)26(31)30-16-20-4-3-12-28-25(20)29-22-10-7-18(14-23(22)30)19-11-13-27-24(15-19)33-2/h3-4,7,10-15,17,21H,5-6,8-9,16H2,1-2H3,(H,28,29)/t17-,21-. The van der Waals surface area contributed by atoms with Crippen molar-refractivity contribution in [3.63, 3.8) is 0 Å². The average Bonchev–Trinajstić information content (AvgIpc) is 3.04. The van der Waals surface area contributed by atoms with Gasteiger partial charge < -0.3 is 19.7 Å². The van der Waals surface area contributed by atoms with Crippen LogP contribution in [0.5, 0.6) is 5.88 Å². The van der Waals surface area contributed by atoms with Crippen LogP contribution in [0.15, 0.2) is 54.9 Å². The summed E-state index contributed by atoms with van der Waals surface area (Å²) in [5.74, 6) is 1.50. The molecule has 0 spiro atoms. The van der Waals surface area contributed by atoms with Gasteiger partial charge in [0.25, 0.3) is 0 Å². The summed E-state index contributed by atoms with van der Waals surface area (Å²) in [6.07, 6.45) is 7.28. The number of benzene rings is 1. The highest BCUT2D eigenvalue weighted by atomic mass is 16.5. The molecule has 2 aromatic heterocycles. The summed E-state index contributed by atoms with van der Waals surface area (Å²) in [5, 5.41) is 3.45. The number of hydrogen-bond acceptors (Lipinski definition) is 6. The highest BCUT2D eigenvalue weighted by molar-refractivity contribution is 6.00. The number of rotatable bonds is 4. The second-order valence-corrected chi connectivity index (χ2v) is 8.59. The molecule has 1 N–H and O–H groups in total. The maximum absolute atomic E-state index is 13.8. The van der Waals surface area contributed by atoms with Gasteiger partial charge in [0.05, 0.1) is 31.1 Å². The normalized spacial score (nSPS) is 19.6. The van der Waals surface area contributed by atoms with Gasteiger partial charge in [-0.05, 0) is 61.1 Å². The van der Waals surface area contributed by atoms with Crippen molar-refractivity contribution in [3.05, 3.63) is 60.4 Å². The van der Waals surface area contributed by atoms with Crippen LogP contribution in [-0.4, -0.2) is 36.2 Å². The van der Waals surface area contributed by atoms with Crippen LogP contribution in [0.25, 0.3) is 11.1 Å². The minimum Gasteiger partial charge on any atom is -0.481 e. The Morgan fingerprint density at radius 3 is 2.61 bits per heavy atom. The molecule has 0 saturated heterocycles. The lowest BCUT2D eigenvalue weighted by Crippen LogP contribution is -2.38. The van der Waals surface area contributed by atoms with Gasteiger partial charge in [-0.15, -0.1) is 0 Å². The van der Waals surface area contributed by atoms with E-state index in [1.165, 1.54) is 0 Å². The Bertz CT molecular complexity index is 1160. The lowest BCUT2D eigenvalue weighted by atomic mass is 9.86. The predicted octanol–water partition coefficient (Wildman–Crippen LogP) is 4.95. The number of nitrogens with one attached hydrogen (secondary N) is 1. The van der Waals surface area contributed by atoms with Gasteiger partial charge in [-0.1, -0.05) is 12.1 Å². The van der Waals surface area contributed by atoms with Crippen LogP contribution in [0.4, 0.5) is 17.2 Å². The fourth-order valence-electron chi connectivity index (χ4n) is 4.77. The molecular weight excluding hydrogens is 416 g/mol. The van der Waals surface area contributed by atoms with Crippen molar-refractivity contribution in [3.8, 4) is 17.0 Å². The smallest absolute Gasteiger partial charge is 0.230 e. The van der Waals surface area contributed by atoms with Crippen LogP contribution in [0.1, 0.15) is 31.2 Å². The van der Waals surface area contributed by atoms with Crippen molar-refractivity contribution < 1.29 is 14.3 Å². The van der Waals surface area contributed by atoms with E-state index in [9.17, 15) is 4.79 Å². The van der Waals surface area contributed by atoms with E-state index in [-0.39, 0.29) is 17.9 Å². The largest absolute Gasteiger partial charge is 0.481 e. The highest BCUT2D eigenvalue weighted by Gasteiger charge is 2.33. The molecule has 1 fully saturated rings. The number of nitrogens with zero attached hydrogens (tertiary/aromatic N) is 3. The van der Waals surface area contributed by atoms with E-state index in [1.807, 2.05) is 41.3 Å². The fourth-order valence-corrected chi connectivity index (χ4v) is 4.77. The van der Waals surface area contributed by atoms with E-state index in [1.54, 1.807) is 26.6 Å². The zero-order valence-electron chi connectivity index (χ0n) is 19.0. The summed E-state index contributed by atoms with van der Waals surface area (Å²) >= 11 is 0. The number of pyridine rings is 2. The van der Waals surface area contributed by atoms with Gasteiger partial charge in [-0.3, -0.25) is 4.79 Å². The van der Waals surface area contributed by atoms with Gasteiger partial charge in [0.1, 0.15) is 5.82 Å². The van der Waals surface area contributed by atoms with Gasteiger partial charge in [0, 0.05) is 37.1 Å². The zero-order valence-corrected chi connectivity index (χ0v) is 19.0. The molecule has 1 aliphatic carbocycles. The molecule has 33 heavy (non-hydrogen) atoms. The summed E-state index contributed by atoms with van der Waals surface area (Å²) in [7, 11) is 3.36. The molecule has 3 aromatic rings. The van der Waals surface area contributed by atoms with Crippen LogP contribution in [0.3, 0.4) is 0 Å². The molecule has 0 atom stereocenters. The summed E-state index contributed by atoms with van der Waals surface area (Å²) < 4.78 is 10.8. The van der Waals surface area contributed by atoms with Crippen LogP contribution >= 0.6 is 0 Å². The van der Waals surface area contributed by atoms with E-state index in [4.69, 9.17) is 9.47 Å². The Morgan fingerprint density at radius 1 is 1.00 bits per heavy atom. The number of hydrogen-bond donors (Lipinski definition) is 1. The summed E-state index contributed by atoms with van der Waals surface area (Å²) in [4.78, 5) is 24.5. The number of ether oxygens (including phenoxy) is 2. The van der Waals surface area contributed by atoms with E-state index in [2.05, 4.69) is 21.4 Å². The van der Waals surface area contributed by atoms with Gasteiger partial charge >= 0.3 is 0 Å². The molecule has 7 nitrogen and oxygen atoms in total. The third-order valence-electron chi connectivity index (χ3n) is 6.66. The summed E-state index contributed by atoms with van der Waals surface area (Å²) in [5.41, 5.74) is 4.71. The molecule has 7 heteroatoms. The SMILES string of the molecule is COc1cc(-c2ccc3c(c2)N(C(=O)[C@H]2CC[C@H](OC)CC2)Cc2cccnc2N3)ccn1. The second kappa shape index (κ2) is 9.19. The monoisotopic (exact) mass is 444 g/mol. The Labute approximate surface area is 193 Å². The van der Waals surface area contributed by atoms with Crippen molar-refractivity contribution in [1.82, 2.24) is 9.97 Å². The number of anilines is 3. The molecule has 2 aliphatic rings. The Balaban J connectivity index is 1.54. The van der Waals surface area contributed by atoms with Crippen molar-refractivity contribution in [2.45, 2.75) is 38.3 Å². The zero-order chi connectivity index (χ0) is 22.8. The minimum atomic E-state index is -0.00727. The van der Waals surface area contributed by atoms with Crippen LogP contribution < -0.4 is 15.0 Å². The van der Waals surface area contributed by atoms with E-state index >= 15 is 0 Å². The number of amides is 1. The Hall–Kier alpha value is -3.45. The number of fused-ring (bicyclic) bond motifs is 2. The molecule has 3 heterocycles. The molecule has 1 saturated carbocycles. The average molecular weight is 445 g/mol. The van der Waals surface area contributed by atoms with Gasteiger partial charge in [-0.2, -0.15) is 0 Å². The molecule has 0 bridgehead atoms. The Morgan fingerprint density at radius 2 is 1.82 bits per heavy atom. The number of methoxy groups -OCH3 is 2. The van der Waals surface area contributed by atoms with Crippen molar-refractivity contribution in [2.24, 2.45) is 5.92 Å². The van der Waals surface area contributed by atoms with Crippen molar-refractivity contribution in [1.29, 1.82) is 0 Å². The lowest BCUT2D eigenvalue weighted by molar-refractivity contribution is -0.124. The maximum Gasteiger partial charge on any atom is 0.230 e. The van der Waals surface area contributed by atoms with Crippen LogP contribution in [-0.2, 0) is 16.1 Å². The predicted molar refractivity (Wildman–Crippen MR) is 128 cm³/mol. The fraction of sp³-hybridized carbons (Fsp3) is 0.346. The van der Waals surface area contributed by atoms with Gasteiger partial charge in [0.15, 0.2) is 0 Å². The molecule has 0 radical (unpaired) electrons. The van der Waals surface area contributed by atoms with E-state index < -0.39 is 0 Å². The van der Waals surface area contributed by atoms with Gasteiger partial charge in [0.2, 0.25) is 11.8 Å². The molecular formula is C26H28N4O3. The highest BCUT2D eigenvalue weighted by Crippen LogP contribution is 2.40.